The highest BCUT2D eigenvalue weighted by Crippen LogP contribution is 2.50. The Bertz CT molecular complexity index is 2830. The summed E-state index contributed by atoms with van der Waals surface area (Å²) in [6.07, 6.45) is -4.28. The van der Waals surface area contributed by atoms with Crippen LogP contribution in [-0.4, -0.2) is 125 Å². The van der Waals surface area contributed by atoms with Crippen LogP contribution in [0.1, 0.15) is 37.9 Å². The van der Waals surface area contributed by atoms with Crippen LogP contribution in [0.2, 0.25) is 0 Å². The molecule has 9 rings (SSSR count). The van der Waals surface area contributed by atoms with Crippen molar-refractivity contribution in [1.29, 1.82) is 0 Å². The van der Waals surface area contributed by atoms with E-state index in [-0.39, 0.29) is 70.2 Å². The van der Waals surface area contributed by atoms with Gasteiger partial charge < -0.3 is 78.7 Å². The molecule has 3 aliphatic heterocycles. The molecule has 0 radical (unpaired) electrons. The maximum Gasteiger partial charge on any atom is 0.268 e. The van der Waals surface area contributed by atoms with Gasteiger partial charge in [0.1, 0.15) is 53.8 Å². The number of fused-ring (bicyclic) bond motifs is 3. The smallest absolute Gasteiger partial charge is 0.268 e. The Morgan fingerprint density at radius 3 is 1.34 bits per heavy atom. The van der Waals surface area contributed by atoms with Gasteiger partial charge in [-0.1, -0.05) is 0 Å². The minimum atomic E-state index is -5.33. The molecule has 3 unspecified atom stereocenters. The van der Waals surface area contributed by atoms with Gasteiger partial charge >= 0.3 is 0 Å². The van der Waals surface area contributed by atoms with E-state index in [1.165, 1.54) is 39.0 Å². The van der Waals surface area contributed by atoms with Crippen LogP contribution in [-0.2, 0) is 50.5 Å². The van der Waals surface area contributed by atoms with Gasteiger partial charge in [0.2, 0.25) is 0 Å². The van der Waals surface area contributed by atoms with Gasteiger partial charge in [-0.2, -0.15) is 0 Å². The molecule has 3 saturated heterocycles. The lowest BCUT2D eigenvalue weighted by Gasteiger charge is -2.29. The molecule has 0 spiro atoms. The maximum atomic E-state index is 13.4. The third-order valence-corrected chi connectivity index (χ3v) is 12.7. The molecule has 0 aliphatic carbocycles. The van der Waals surface area contributed by atoms with Crippen LogP contribution in [0.15, 0.2) is 38.0 Å². The van der Waals surface area contributed by atoms with Gasteiger partial charge in [0.25, 0.3) is 23.5 Å². The maximum absolute atomic E-state index is 13.4. The van der Waals surface area contributed by atoms with Crippen molar-refractivity contribution in [1.82, 2.24) is 58.6 Å². The molecule has 31 nitrogen and oxygen atoms in total. The molecule has 0 saturated carbocycles. The van der Waals surface area contributed by atoms with Crippen molar-refractivity contribution >= 4 is 74.4 Å². The zero-order chi connectivity index (χ0) is 45.1. The minimum absolute atomic E-state index is 0.000286. The number of rotatable bonds is 16. The van der Waals surface area contributed by atoms with Crippen LogP contribution in [0.3, 0.4) is 0 Å². The van der Waals surface area contributed by atoms with E-state index < -0.39 is 98.6 Å². The number of hydrogen-bond acceptors (Lipinski definition) is 27. The SMILES string of the molecule is Nc1ncnc2c1ncn2[C@@H]1O[C@H](COP(=O)([O-])O[C@@H]2C[C@@H](COP(=O)([O-])O[C@@H]3C[C@@H](COP(=O)([O-])O)O[C@H]3n3cnc4c(N)ncnc43)O[C@H]2n2cnc3c(N)ncnc32)C[C@H]1O. The number of aromatic nitrogens is 12. The van der Waals surface area contributed by atoms with Gasteiger partial charge in [-0.05, 0) is 0 Å². The number of anilines is 3. The number of nitrogens with two attached hydrogens (primary N) is 3. The van der Waals surface area contributed by atoms with E-state index in [0.29, 0.717) is 0 Å². The Kier molecular flexibility index (Phi) is 12.0. The lowest BCUT2D eigenvalue weighted by atomic mass is 10.2. The van der Waals surface area contributed by atoms with Gasteiger partial charge in [0, 0.05) is 19.3 Å². The van der Waals surface area contributed by atoms with Crippen molar-refractivity contribution in [2.24, 2.45) is 0 Å². The summed E-state index contributed by atoms with van der Waals surface area (Å²) in [6, 6.07) is 0. The number of aliphatic hydroxyl groups excluding tert-OH is 1. The molecule has 3 fully saturated rings. The van der Waals surface area contributed by atoms with E-state index in [1.54, 1.807) is 0 Å². The summed E-state index contributed by atoms with van der Waals surface area (Å²) in [4.78, 5) is 83.9. The summed E-state index contributed by atoms with van der Waals surface area (Å²) in [6.45, 7) is -2.04. The van der Waals surface area contributed by atoms with E-state index in [9.17, 15) is 33.5 Å². The van der Waals surface area contributed by atoms with E-state index in [1.807, 2.05) is 0 Å². The number of nitrogens with zero attached hydrogens (tertiary/aromatic N) is 12. The Labute approximate surface area is 357 Å². The van der Waals surface area contributed by atoms with Crippen LogP contribution in [0.4, 0.5) is 17.5 Å². The van der Waals surface area contributed by atoms with Crippen molar-refractivity contribution in [3.05, 3.63) is 38.0 Å². The zero-order valence-electron chi connectivity index (χ0n) is 32.5. The van der Waals surface area contributed by atoms with E-state index in [0.717, 1.165) is 12.7 Å². The van der Waals surface area contributed by atoms with Gasteiger partial charge in [0.05, 0.1) is 57.1 Å². The summed E-state index contributed by atoms with van der Waals surface area (Å²) in [5.74, 6) is 0.108. The van der Waals surface area contributed by atoms with E-state index in [4.69, 9.17) is 54.4 Å². The molecule has 0 aromatic carbocycles. The predicted molar refractivity (Wildman–Crippen MR) is 203 cm³/mol. The number of imidazole rings is 3. The second kappa shape index (κ2) is 17.2. The molecule has 8 N–H and O–H groups in total. The quantitative estimate of drug-likeness (QED) is 0.0636. The van der Waals surface area contributed by atoms with Crippen molar-refractivity contribution in [2.75, 3.05) is 37.0 Å². The van der Waals surface area contributed by atoms with Crippen LogP contribution >= 0.6 is 23.5 Å². The third-order valence-electron chi connectivity index (χ3n) is 10.2. The van der Waals surface area contributed by atoms with Crippen molar-refractivity contribution in [3.63, 3.8) is 0 Å². The summed E-state index contributed by atoms with van der Waals surface area (Å²) < 4.78 is 85.9. The van der Waals surface area contributed by atoms with Gasteiger partial charge in [-0.25, -0.2) is 44.9 Å². The number of nitrogen functional groups attached to an aromatic ring is 3. The van der Waals surface area contributed by atoms with E-state index in [2.05, 4.69) is 49.4 Å². The fourth-order valence-corrected chi connectivity index (χ4v) is 9.72. The number of phosphoric ester groups is 3. The highest BCUT2D eigenvalue weighted by atomic mass is 31.2. The first-order valence-corrected chi connectivity index (χ1v) is 23.2. The molecular weight excluding hydrogens is 919 g/mol. The standard InChI is InChI=1S/C30H38N15O16P3/c31-22-19-25(37-7-34-22)43(10-40-19)28-16(46)1-13(57-28)5-55-63(50,51)61-18-3-15(59-30(18)45-12-42-21-24(33)36-9-39-27(21)45)6-56-64(52,53)60-17-2-14(4-54-62(47,48)49)58-29(17)44-11-41-20-23(32)35-8-38-26(20)44/h7-18,28-30,46H,1-6H2,(H,50,51)(H,52,53)(H2,31,34,37)(H2,32,35,38)(H2,33,36,39)(H2,47,48,49)/p-3/t13-,14-,15-,16+,17+,18+,28+,29+,30+/m0/s1. The van der Waals surface area contributed by atoms with Crippen LogP contribution in [0, 0.1) is 0 Å². The Morgan fingerprint density at radius 2 is 0.938 bits per heavy atom. The number of ether oxygens (including phenoxy) is 3. The van der Waals surface area contributed by atoms with Gasteiger partial charge in [-0.15, -0.1) is 0 Å². The molecule has 0 bridgehead atoms. The molecule has 34 heteroatoms. The zero-order valence-corrected chi connectivity index (χ0v) is 35.1. The molecule has 6 aromatic rings. The monoisotopic (exact) mass is 954 g/mol. The predicted octanol–water partition coefficient (Wildman–Crippen LogP) is -2.31. The highest BCUT2D eigenvalue weighted by molar-refractivity contribution is 7.46. The number of phosphoric acid groups is 3. The number of aliphatic hydroxyl groups is 1. The normalized spacial score (nSPS) is 29.1. The van der Waals surface area contributed by atoms with Crippen molar-refractivity contribution in [3.8, 4) is 0 Å². The molecule has 0 amide bonds. The summed E-state index contributed by atoms with van der Waals surface area (Å²) >= 11 is 0. The minimum Gasteiger partial charge on any atom is -0.756 e. The molecule has 64 heavy (non-hydrogen) atoms. The first-order valence-electron chi connectivity index (χ1n) is 18.8. The average Bonchev–Trinajstić information content (AvgIpc) is 4.09. The van der Waals surface area contributed by atoms with Crippen LogP contribution in [0.25, 0.3) is 33.5 Å². The van der Waals surface area contributed by atoms with Crippen molar-refractivity contribution < 1.29 is 75.2 Å². The van der Waals surface area contributed by atoms with Crippen LogP contribution in [0.5, 0.6) is 0 Å². The Balaban J connectivity index is 0.883. The lowest BCUT2D eigenvalue weighted by Crippen LogP contribution is -2.26. The van der Waals surface area contributed by atoms with Gasteiger partial charge in [0.15, 0.2) is 53.1 Å². The highest BCUT2D eigenvalue weighted by Gasteiger charge is 2.44. The fraction of sp³-hybridized carbons (Fsp3) is 0.500. The van der Waals surface area contributed by atoms with E-state index >= 15 is 0 Å². The van der Waals surface area contributed by atoms with Crippen molar-refractivity contribution in [2.45, 2.75) is 74.6 Å². The summed E-state index contributed by atoms with van der Waals surface area (Å²) in [5, 5.41) is 10.8. The first-order chi connectivity index (χ1) is 30.4. The second-order valence-electron chi connectivity index (χ2n) is 14.5. The molecule has 9 heterocycles. The average molecular weight is 955 g/mol. The van der Waals surface area contributed by atoms with Crippen LogP contribution < -0.4 is 31.9 Å². The summed E-state index contributed by atoms with van der Waals surface area (Å²) in [7, 11) is -15.8. The second-order valence-corrected chi connectivity index (χ2v) is 18.4. The molecule has 3 aliphatic rings. The lowest BCUT2D eigenvalue weighted by molar-refractivity contribution is -0.235. The fourth-order valence-electron chi connectivity index (χ4n) is 7.50. The molecule has 6 aromatic heterocycles. The summed E-state index contributed by atoms with van der Waals surface area (Å²) in [5.41, 5.74) is 18.8. The Morgan fingerprint density at radius 1 is 0.578 bits per heavy atom. The Hall–Kier alpha value is -4.78. The first kappa shape index (κ1) is 44.4. The molecule has 344 valence electrons. The molecular formula is C30H35N15O16P3-3. The largest absolute Gasteiger partial charge is 0.756 e. The van der Waals surface area contributed by atoms with Gasteiger partial charge in [-0.3, -0.25) is 27.4 Å². The topological polar surface area (TPSA) is 444 Å². The number of hydrogen-bond donors (Lipinski definition) is 5. The third kappa shape index (κ3) is 9.20. The molecule has 12 atom stereocenters.